The van der Waals surface area contributed by atoms with Gasteiger partial charge in [-0.2, -0.15) is 0 Å². The van der Waals surface area contributed by atoms with Crippen molar-refractivity contribution in [3.05, 3.63) is 27.4 Å². The van der Waals surface area contributed by atoms with Gasteiger partial charge >= 0.3 is 0 Å². The number of nitro groups is 1. The first kappa shape index (κ1) is 12.7. The van der Waals surface area contributed by atoms with Gasteiger partial charge in [-0.25, -0.2) is 13.8 Å². The molecule has 0 bridgehead atoms. The Labute approximate surface area is 93.3 Å². The largest absolute Gasteiger partial charge is 0.480 e. The molecule has 0 saturated carbocycles. The molecule has 17 heavy (non-hydrogen) atoms. The smallest absolute Gasteiger partial charge is 0.297 e. The molecule has 1 aromatic heterocycles. The van der Waals surface area contributed by atoms with E-state index in [0.29, 0.717) is 6.20 Å². The summed E-state index contributed by atoms with van der Waals surface area (Å²) in [5.74, 6) is -1.74. The fourth-order valence-corrected chi connectivity index (χ4v) is 1.26. The Morgan fingerprint density at radius 2 is 2.24 bits per heavy atom. The molecule has 0 unspecified atom stereocenters. The van der Waals surface area contributed by atoms with Crippen molar-refractivity contribution in [1.82, 2.24) is 4.98 Å². The van der Waals surface area contributed by atoms with Crippen LogP contribution in [-0.4, -0.2) is 22.9 Å². The molecule has 1 amide bonds. The van der Waals surface area contributed by atoms with Gasteiger partial charge in [0, 0.05) is 0 Å². The summed E-state index contributed by atoms with van der Waals surface area (Å²) >= 11 is 0. The number of rotatable bonds is 4. The zero-order chi connectivity index (χ0) is 13.2. The van der Waals surface area contributed by atoms with E-state index in [0.717, 1.165) is 7.11 Å². The Balaban J connectivity index is 3.65. The van der Waals surface area contributed by atoms with E-state index in [1.807, 2.05) is 0 Å². The van der Waals surface area contributed by atoms with E-state index in [1.54, 1.807) is 0 Å². The fourth-order valence-electron chi connectivity index (χ4n) is 1.26. The predicted octanol–water partition coefficient (Wildman–Crippen LogP) is 1.03. The van der Waals surface area contributed by atoms with Crippen molar-refractivity contribution in [2.45, 2.75) is 6.43 Å². The Kier molecular flexibility index (Phi) is 3.51. The quantitative estimate of drug-likeness (QED) is 0.631. The number of methoxy groups -OCH3 is 1. The maximum absolute atomic E-state index is 12.7. The van der Waals surface area contributed by atoms with Crippen LogP contribution in [0.3, 0.4) is 0 Å². The normalized spacial score (nSPS) is 10.4. The first-order valence-electron chi connectivity index (χ1n) is 4.19. The molecular weight excluding hydrogens is 240 g/mol. The van der Waals surface area contributed by atoms with Crippen LogP contribution in [0.1, 0.15) is 22.3 Å². The molecule has 0 aliphatic carbocycles. The molecule has 0 aromatic carbocycles. The number of amides is 1. The van der Waals surface area contributed by atoms with Gasteiger partial charge in [0.25, 0.3) is 18.0 Å². The van der Waals surface area contributed by atoms with Crippen molar-refractivity contribution in [2.24, 2.45) is 5.73 Å². The minimum Gasteiger partial charge on any atom is -0.480 e. The molecular formula is C8H7F2N3O4. The lowest BCUT2D eigenvalue weighted by atomic mass is 10.1. The third-order valence-electron chi connectivity index (χ3n) is 1.92. The second kappa shape index (κ2) is 4.68. The van der Waals surface area contributed by atoms with E-state index in [4.69, 9.17) is 5.73 Å². The summed E-state index contributed by atoms with van der Waals surface area (Å²) in [7, 11) is 1.08. The highest BCUT2D eigenvalue weighted by molar-refractivity contribution is 5.97. The molecule has 0 fully saturated rings. The Morgan fingerprint density at radius 3 is 2.59 bits per heavy atom. The lowest BCUT2D eigenvalue weighted by molar-refractivity contribution is -0.386. The average Bonchev–Trinajstić information content (AvgIpc) is 2.26. The molecule has 1 heterocycles. The van der Waals surface area contributed by atoms with Gasteiger partial charge in [-0.1, -0.05) is 0 Å². The van der Waals surface area contributed by atoms with Gasteiger partial charge in [-0.05, 0) is 0 Å². The monoisotopic (exact) mass is 247 g/mol. The second-order valence-corrected chi connectivity index (χ2v) is 2.86. The average molecular weight is 247 g/mol. The molecule has 0 saturated heterocycles. The molecule has 0 aliphatic rings. The van der Waals surface area contributed by atoms with Gasteiger partial charge in [0.05, 0.1) is 12.0 Å². The molecule has 9 heteroatoms. The van der Waals surface area contributed by atoms with Crippen LogP contribution in [0.2, 0.25) is 0 Å². The van der Waals surface area contributed by atoms with E-state index in [9.17, 15) is 23.7 Å². The minimum absolute atomic E-state index is 0.474. The highest BCUT2D eigenvalue weighted by Gasteiger charge is 2.31. The van der Waals surface area contributed by atoms with Crippen LogP contribution in [0, 0.1) is 10.1 Å². The van der Waals surface area contributed by atoms with Gasteiger partial charge in [-0.3, -0.25) is 14.9 Å². The van der Waals surface area contributed by atoms with Gasteiger partial charge in [0.2, 0.25) is 5.88 Å². The summed E-state index contributed by atoms with van der Waals surface area (Å²) in [6.45, 7) is 0. The number of alkyl halides is 2. The SMILES string of the molecule is COc1ncc([N+](=O)[O-])c(C(F)F)c1C(N)=O. The summed E-state index contributed by atoms with van der Waals surface area (Å²) in [4.78, 5) is 23.9. The molecule has 0 radical (unpaired) electrons. The highest BCUT2D eigenvalue weighted by Crippen LogP contribution is 2.35. The van der Waals surface area contributed by atoms with Gasteiger partial charge < -0.3 is 10.5 Å². The lowest BCUT2D eigenvalue weighted by Crippen LogP contribution is -2.17. The maximum Gasteiger partial charge on any atom is 0.297 e. The topological polar surface area (TPSA) is 108 Å². The molecule has 0 atom stereocenters. The number of hydrogen-bond donors (Lipinski definition) is 1. The standard InChI is InChI=1S/C8H7F2N3O4/c1-17-8-5(7(11)14)4(6(9)10)3(2-12-8)13(15)16/h2,6H,1H3,(H2,11,14). The van der Waals surface area contributed by atoms with E-state index < -0.39 is 40.0 Å². The minimum atomic E-state index is -3.24. The first-order chi connectivity index (χ1) is 7.90. The number of pyridine rings is 1. The van der Waals surface area contributed by atoms with Crippen molar-refractivity contribution in [3.8, 4) is 5.88 Å². The third kappa shape index (κ3) is 2.27. The van der Waals surface area contributed by atoms with E-state index in [1.165, 1.54) is 0 Å². The molecule has 0 spiro atoms. The number of nitrogens with zero attached hydrogens (tertiary/aromatic N) is 2. The number of carbonyl (C=O) groups is 1. The van der Waals surface area contributed by atoms with Crippen molar-refractivity contribution >= 4 is 11.6 Å². The van der Waals surface area contributed by atoms with Gasteiger partial charge in [0.15, 0.2) is 0 Å². The van der Waals surface area contributed by atoms with Crippen molar-refractivity contribution in [1.29, 1.82) is 0 Å². The molecule has 7 nitrogen and oxygen atoms in total. The van der Waals surface area contributed by atoms with Crippen LogP contribution < -0.4 is 10.5 Å². The van der Waals surface area contributed by atoms with Crippen LogP contribution in [0.4, 0.5) is 14.5 Å². The summed E-state index contributed by atoms with van der Waals surface area (Å²) in [5.41, 5.74) is 2.04. The summed E-state index contributed by atoms with van der Waals surface area (Å²) in [6.07, 6.45) is -2.65. The summed E-state index contributed by atoms with van der Waals surface area (Å²) in [6, 6.07) is 0. The van der Waals surface area contributed by atoms with Crippen molar-refractivity contribution < 1.29 is 23.2 Å². The molecule has 1 aromatic rings. The maximum atomic E-state index is 12.7. The number of ether oxygens (including phenoxy) is 1. The third-order valence-corrected chi connectivity index (χ3v) is 1.92. The number of hydrogen-bond acceptors (Lipinski definition) is 5. The molecule has 2 N–H and O–H groups in total. The zero-order valence-corrected chi connectivity index (χ0v) is 8.52. The molecule has 1 rings (SSSR count). The first-order valence-corrected chi connectivity index (χ1v) is 4.19. The number of primary amides is 1. The van der Waals surface area contributed by atoms with E-state index >= 15 is 0 Å². The van der Waals surface area contributed by atoms with Crippen LogP contribution in [0.5, 0.6) is 5.88 Å². The van der Waals surface area contributed by atoms with Crippen molar-refractivity contribution in [2.75, 3.05) is 7.11 Å². The van der Waals surface area contributed by atoms with Crippen LogP contribution >= 0.6 is 0 Å². The lowest BCUT2D eigenvalue weighted by Gasteiger charge is -2.09. The second-order valence-electron chi connectivity index (χ2n) is 2.86. The van der Waals surface area contributed by atoms with E-state index in [-0.39, 0.29) is 0 Å². The summed E-state index contributed by atoms with van der Waals surface area (Å²) < 4.78 is 30.0. The molecule has 92 valence electrons. The molecule has 0 aliphatic heterocycles. The number of nitrogens with two attached hydrogens (primary N) is 1. The van der Waals surface area contributed by atoms with E-state index in [2.05, 4.69) is 9.72 Å². The van der Waals surface area contributed by atoms with Gasteiger partial charge in [-0.15, -0.1) is 0 Å². The number of halogens is 2. The van der Waals surface area contributed by atoms with Crippen molar-refractivity contribution in [3.63, 3.8) is 0 Å². The Hall–Kier alpha value is -2.32. The highest BCUT2D eigenvalue weighted by atomic mass is 19.3. The van der Waals surface area contributed by atoms with Crippen LogP contribution in [0.25, 0.3) is 0 Å². The number of aromatic nitrogens is 1. The summed E-state index contributed by atoms with van der Waals surface area (Å²) in [5, 5.41) is 10.5. The zero-order valence-electron chi connectivity index (χ0n) is 8.52. The Morgan fingerprint density at radius 1 is 1.65 bits per heavy atom. The number of carbonyl (C=O) groups excluding carboxylic acids is 1. The van der Waals surface area contributed by atoms with Crippen LogP contribution in [-0.2, 0) is 0 Å². The predicted molar refractivity (Wildman–Crippen MR) is 50.9 cm³/mol. The fraction of sp³-hybridized carbons (Fsp3) is 0.250. The van der Waals surface area contributed by atoms with Crippen LogP contribution in [0.15, 0.2) is 6.20 Å². The Bertz CT molecular complexity index is 478. The van der Waals surface area contributed by atoms with Gasteiger partial charge in [0.1, 0.15) is 17.3 Å².